The molecule has 0 aliphatic carbocycles. The standard InChI is InChI=1S/C14H17N3OS/c1-14(2,3)13(18)16-8-12-17-11(9-19-12)10-6-4-5-7-15-10/h4-7,9H,8H2,1-3H3,(H,16,18). The summed E-state index contributed by atoms with van der Waals surface area (Å²) in [6, 6.07) is 5.73. The number of rotatable bonds is 3. The first-order chi connectivity index (χ1) is 8.97. The molecule has 0 aromatic carbocycles. The molecular formula is C14H17N3OS. The van der Waals surface area contributed by atoms with Crippen molar-refractivity contribution in [1.29, 1.82) is 0 Å². The fraction of sp³-hybridized carbons (Fsp3) is 0.357. The minimum Gasteiger partial charge on any atom is -0.349 e. The molecule has 0 unspecified atom stereocenters. The number of nitrogens with zero attached hydrogens (tertiary/aromatic N) is 2. The Morgan fingerprint density at radius 1 is 1.32 bits per heavy atom. The SMILES string of the molecule is CC(C)(C)C(=O)NCc1nc(-c2ccccn2)cs1. The Kier molecular flexibility index (Phi) is 3.95. The predicted molar refractivity (Wildman–Crippen MR) is 76.6 cm³/mol. The van der Waals surface area contributed by atoms with Crippen molar-refractivity contribution in [2.75, 3.05) is 0 Å². The van der Waals surface area contributed by atoms with Gasteiger partial charge in [-0.2, -0.15) is 0 Å². The number of carbonyl (C=O) groups excluding carboxylic acids is 1. The third-order valence-corrected chi connectivity index (χ3v) is 3.41. The summed E-state index contributed by atoms with van der Waals surface area (Å²) in [7, 11) is 0. The van der Waals surface area contributed by atoms with E-state index in [1.165, 1.54) is 11.3 Å². The molecule has 0 spiro atoms. The average Bonchev–Trinajstić information content (AvgIpc) is 2.84. The van der Waals surface area contributed by atoms with Gasteiger partial charge in [0.25, 0.3) is 0 Å². The Hall–Kier alpha value is -1.75. The maximum atomic E-state index is 11.8. The lowest BCUT2D eigenvalue weighted by molar-refractivity contribution is -0.128. The summed E-state index contributed by atoms with van der Waals surface area (Å²) in [5.74, 6) is 0.0297. The van der Waals surface area contributed by atoms with Crippen molar-refractivity contribution in [1.82, 2.24) is 15.3 Å². The van der Waals surface area contributed by atoms with E-state index < -0.39 is 0 Å². The van der Waals surface area contributed by atoms with Crippen molar-refractivity contribution in [3.63, 3.8) is 0 Å². The van der Waals surface area contributed by atoms with Gasteiger partial charge in [0.15, 0.2) is 0 Å². The summed E-state index contributed by atoms with van der Waals surface area (Å²) in [5, 5.41) is 5.74. The number of thiazole rings is 1. The van der Waals surface area contributed by atoms with Crippen LogP contribution in [0.25, 0.3) is 11.4 Å². The molecule has 1 N–H and O–H groups in total. The normalized spacial score (nSPS) is 11.3. The van der Waals surface area contributed by atoms with Crippen molar-refractivity contribution >= 4 is 17.2 Å². The third-order valence-electron chi connectivity index (χ3n) is 2.56. The van der Waals surface area contributed by atoms with Crippen LogP contribution in [-0.4, -0.2) is 15.9 Å². The number of hydrogen-bond acceptors (Lipinski definition) is 4. The lowest BCUT2D eigenvalue weighted by atomic mass is 9.96. The first-order valence-electron chi connectivity index (χ1n) is 6.11. The summed E-state index contributed by atoms with van der Waals surface area (Å²) in [4.78, 5) is 20.5. The minimum absolute atomic E-state index is 0.0297. The highest BCUT2D eigenvalue weighted by molar-refractivity contribution is 7.09. The molecule has 0 saturated carbocycles. The molecule has 19 heavy (non-hydrogen) atoms. The lowest BCUT2D eigenvalue weighted by Gasteiger charge is -2.16. The van der Waals surface area contributed by atoms with Gasteiger partial charge in [0, 0.05) is 17.0 Å². The van der Waals surface area contributed by atoms with E-state index in [-0.39, 0.29) is 11.3 Å². The molecule has 5 heteroatoms. The Balaban J connectivity index is 2.01. The number of pyridine rings is 1. The summed E-state index contributed by atoms with van der Waals surface area (Å²) in [6.07, 6.45) is 1.75. The van der Waals surface area contributed by atoms with Gasteiger partial charge in [-0.1, -0.05) is 26.8 Å². The monoisotopic (exact) mass is 275 g/mol. The molecule has 2 heterocycles. The van der Waals surface area contributed by atoms with E-state index in [9.17, 15) is 4.79 Å². The van der Waals surface area contributed by atoms with Crippen LogP contribution in [0.15, 0.2) is 29.8 Å². The van der Waals surface area contributed by atoms with Crippen LogP contribution in [0, 0.1) is 5.41 Å². The molecule has 0 bridgehead atoms. The topological polar surface area (TPSA) is 54.9 Å². The van der Waals surface area contributed by atoms with Crippen LogP contribution in [0.3, 0.4) is 0 Å². The highest BCUT2D eigenvalue weighted by Gasteiger charge is 2.20. The Morgan fingerprint density at radius 2 is 2.11 bits per heavy atom. The van der Waals surface area contributed by atoms with E-state index in [4.69, 9.17) is 0 Å². The number of aromatic nitrogens is 2. The quantitative estimate of drug-likeness (QED) is 0.937. The van der Waals surface area contributed by atoms with Crippen molar-refractivity contribution in [2.24, 2.45) is 5.41 Å². The van der Waals surface area contributed by atoms with Crippen LogP contribution < -0.4 is 5.32 Å². The number of hydrogen-bond donors (Lipinski definition) is 1. The van der Waals surface area contributed by atoms with Gasteiger partial charge in [0.1, 0.15) is 5.01 Å². The van der Waals surface area contributed by atoms with E-state index in [1.807, 2.05) is 44.4 Å². The average molecular weight is 275 g/mol. The zero-order chi connectivity index (χ0) is 13.9. The summed E-state index contributed by atoms with van der Waals surface area (Å²) >= 11 is 1.53. The molecule has 0 aliphatic heterocycles. The van der Waals surface area contributed by atoms with E-state index in [2.05, 4.69) is 15.3 Å². The second-order valence-electron chi connectivity index (χ2n) is 5.27. The summed E-state index contributed by atoms with van der Waals surface area (Å²) in [5.41, 5.74) is 1.33. The molecular weight excluding hydrogens is 258 g/mol. The van der Waals surface area contributed by atoms with Gasteiger partial charge in [0.2, 0.25) is 5.91 Å². The maximum absolute atomic E-state index is 11.8. The summed E-state index contributed by atoms with van der Waals surface area (Å²) in [6.45, 7) is 6.14. The van der Waals surface area contributed by atoms with Crippen molar-refractivity contribution in [3.05, 3.63) is 34.8 Å². The second-order valence-corrected chi connectivity index (χ2v) is 6.22. The van der Waals surface area contributed by atoms with Gasteiger partial charge in [0.05, 0.1) is 17.9 Å². The Bertz CT molecular complexity index is 558. The lowest BCUT2D eigenvalue weighted by Crippen LogP contribution is -2.34. The number of carbonyl (C=O) groups is 1. The van der Waals surface area contributed by atoms with E-state index in [0.717, 1.165) is 16.4 Å². The first-order valence-corrected chi connectivity index (χ1v) is 6.99. The Morgan fingerprint density at radius 3 is 2.74 bits per heavy atom. The van der Waals surface area contributed by atoms with Gasteiger partial charge in [-0.25, -0.2) is 4.98 Å². The van der Waals surface area contributed by atoms with Crippen LogP contribution >= 0.6 is 11.3 Å². The predicted octanol–water partition coefficient (Wildman–Crippen LogP) is 2.87. The molecule has 0 fully saturated rings. The fourth-order valence-electron chi connectivity index (χ4n) is 1.45. The smallest absolute Gasteiger partial charge is 0.225 e. The van der Waals surface area contributed by atoms with Gasteiger partial charge in [-0.3, -0.25) is 9.78 Å². The van der Waals surface area contributed by atoms with E-state index >= 15 is 0 Å². The molecule has 0 atom stereocenters. The molecule has 2 aromatic rings. The first kappa shape index (κ1) is 13.7. The molecule has 2 aromatic heterocycles. The van der Waals surface area contributed by atoms with Crippen LogP contribution in [0.5, 0.6) is 0 Å². The largest absolute Gasteiger partial charge is 0.349 e. The van der Waals surface area contributed by atoms with E-state index in [1.54, 1.807) is 6.20 Å². The Labute approximate surface area is 116 Å². The van der Waals surface area contributed by atoms with Gasteiger partial charge < -0.3 is 5.32 Å². The van der Waals surface area contributed by atoms with Gasteiger partial charge >= 0.3 is 0 Å². The van der Waals surface area contributed by atoms with Crippen molar-refractivity contribution in [2.45, 2.75) is 27.3 Å². The maximum Gasteiger partial charge on any atom is 0.225 e. The van der Waals surface area contributed by atoms with Crippen LogP contribution in [-0.2, 0) is 11.3 Å². The minimum atomic E-state index is -0.374. The molecule has 100 valence electrons. The summed E-state index contributed by atoms with van der Waals surface area (Å²) < 4.78 is 0. The highest BCUT2D eigenvalue weighted by atomic mass is 32.1. The molecule has 2 rings (SSSR count). The van der Waals surface area contributed by atoms with Crippen LogP contribution in [0.4, 0.5) is 0 Å². The number of amides is 1. The molecule has 0 saturated heterocycles. The molecule has 0 radical (unpaired) electrons. The van der Waals surface area contributed by atoms with Crippen LogP contribution in [0.1, 0.15) is 25.8 Å². The fourth-order valence-corrected chi connectivity index (χ4v) is 2.17. The zero-order valence-electron chi connectivity index (χ0n) is 11.3. The zero-order valence-corrected chi connectivity index (χ0v) is 12.1. The van der Waals surface area contributed by atoms with Gasteiger partial charge in [-0.05, 0) is 12.1 Å². The van der Waals surface area contributed by atoms with Crippen LogP contribution in [0.2, 0.25) is 0 Å². The third kappa shape index (κ3) is 3.61. The highest BCUT2D eigenvalue weighted by Crippen LogP contribution is 2.20. The van der Waals surface area contributed by atoms with Crippen molar-refractivity contribution in [3.8, 4) is 11.4 Å². The number of nitrogens with one attached hydrogen (secondary N) is 1. The van der Waals surface area contributed by atoms with E-state index in [0.29, 0.717) is 6.54 Å². The van der Waals surface area contributed by atoms with Crippen molar-refractivity contribution < 1.29 is 4.79 Å². The molecule has 0 aliphatic rings. The second kappa shape index (κ2) is 5.48. The molecule has 1 amide bonds. The molecule has 4 nitrogen and oxygen atoms in total. The van der Waals surface area contributed by atoms with Gasteiger partial charge in [-0.15, -0.1) is 11.3 Å².